The lowest BCUT2D eigenvalue weighted by Gasteiger charge is -2.12. The number of carbonyl (C=O) groups is 2. The van der Waals surface area contributed by atoms with Crippen LogP contribution in [0.15, 0.2) is 66.7 Å². The van der Waals surface area contributed by atoms with E-state index < -0.39 is 4.92 Å². The molecule has 2 N–H and O–H groups in total. The van der Waals surface area contributed by atoms with Crippen LogP contribution in [0, 0.1) is 17.0 Å². The summed E-state index contributed by atoms with van der Waals surface area (Å²) in [6.07, 6.45) is 0. The number of nitrogens with zero attached hydrogens (tertiary/aromatic N) is 1. The number of ether oxygens (including phenoxy) is 1. The van der Waals surface area contributed by atoms with Crippen molar-refractivity contribution >= 4 is 40.6 Å². The average molecular weight is 466 g/mol. The highest BCUT2D eigenvalue weighted by Gasteiger charge is 2.16. The molecule has 0 spiro atoms. The number of thioether (sulfide) groups is 1. The predicted molar refractivity (Wildman–Crippen MR) is 130 cm³/mol. The van der Waals surface area contributed by atoms with Crippen molar-refractivity contribution in [3.05, 3.63) is 93.5 Å². The second-order valence-corrected chi connectivity index (χ2v) is 8.16. The van der Waals surface area contributed by atoms with Gasteiger partial charge in [0.25, 0.3) is 5.91 Å². The van der Waals surface area contributed by atoms with E-state index in [2.05, 4.69) is 10.6 Å². The lowest BCUT2D eigenvalue weighted by molar-refractivity contribution is -0.385. The molecule has 170 valence electrons. The van der Waals surface area contributed by atoms with Crippen LogP contribution < -0.4 is 15.4 Å². The SMILES string of the molecule is COc1ccc(CSCC(=O)Nc2ccccc2C(=O)Nc2cccc(C)c2)cc1[N+](=O)[O-]. The number of anilines is 2. The Labute approximate surface area is 195 Å². The third-order valence-electron chi connectivity index (χ3n) is 4.66. The number of methoxy groups -OCH3 is 1. The van der Waals surface area contributed by atoms with E-state index in [1.807, 2.05) is 25.1 Å². The van der Waals surface area contributed by atoms with Gasteiger partial charge < -0.3 is 15.4 Å². The fourth-order valence-electron chi connectivity index (χ4n) is 3.13. The van der Waals surface area contributed by atoms with Crippen LogP contribution in [0.4, 0.5) is 17.1 Å². The summed E-state index contributed by atoms with van der Waals surface area (Å²) in [5.41, 5.74) is 3.04. The highest BCUT2D eigenvalue weighted by molar-refractivity contribution is 7.99. The first-order valence-electron chi connectivity index (χ1n) is 10.0. The maximum atomic E-state index is 12.7. The Balaban J connectivity index is 1.59. The summed E-state index contributed by atoms with van der Waals surface area (Å²) in [6.45, 7) is 1.94. The molecule has 0 aliphatic heterocycles. The molecule has 2 amide bonds. The summed E-state index contributed by atoms with van der Waals surface area (Å²) >= 11 is 1.31. The van der Waals surface area contributed by atoms with E-state index in [1.165, 1.54) is 31.0 Å². The highest BCUT2D eigenvalue weighted by Crippen LogP contribution is 2.29. The van der Waals surface area contributed by atoms with E-state index in [-0.39, 0.29) is 29.0 Å². The molecule has 0 unspecified atom stereocenters. The number of amides is 2. The zero-order valence-corrected chi connectivity index (χ0v) is 19.0. The fraction of sp³-hybridized carbons (Fsp3) is 0.167. The van der Waals surface area contributed by atoms with Crippen LogP contribution in [-0.4, -0.2) is 29.6 Å². The van der Waals surface area contributed by atoms with Crippen molar-refractivity contribution in [2.75, 3.05) is 23.5 Å². The number of rotatable bonds is 9. The molecule has 3 rings (SSSR count). The molecule has 0 bridgehead atoms. The van der Waals surface area contributed by atoms with E-state index in [9.17, 15) is 19.7 Å². The summed E-state index contributed by atoms with van der Waals surface area (Å²) in [7, 11) is 1.38. The van der Waals surface area contributed by atoms with Crippen molar-refractivity contribution in [1.29, 1.82) is 0 Å². The number of nitro benzene ring substituents is 1. The van der Waals surface area contributed by atoms with Crippen molar-refractivity contribution in [2.45, 2.75) is 12.7 Å². The average Bonchev–Trinajstić information content (AvgIpc) is 2.79. The minimum absolute atomic E-state index is 0.117. The molecule has 9 heteroatoms. The van der Waals surface area contributed by atoms with Crippen LogP contribution >= 0.6 is 11.8 Å². The molecule has 3 aromatic rings. The number of aryl methyl sites for hydroxylation is 1. The zero-order valence-electron chi connectivity index (χ0n) is 18.2. The number of para-hydroxylation sites is 1. The fourth-order valence-corrected chi connectivity index (χ4v) is 3.90. The van der Waals surface area contributed by atoms with Gasteiger partial charge in [-0.15, -0.1) is 11.8 Å². The van der Waals surface area contributed by atoms with Gasteiger partial charge in [-0.1, -0.05) is 30.3 Å². The summed E-state index contributed by atoms with van der Waals surface area (Å²) in [5, 5.41) is 16.8. The molecule has 0 saturated heterocycles. The second kappa shape index (κ2) is 11.1. The summed E-state index contributed by atoms with van der Waals surface area (Å²) in [4.78, 5) is 35.9. The molecule has 8 nitrogen and oxygen atoms in total. The Bertz CT molecular complexity index is 1180. The largest absolute Gasteiger partial charge is 0.490 e. The third-order valence-corrected chi connectivity index (χ3v) is 5.67. The van der Waals surface area contributed by atoms with Gasteiger partial charge in [0.05, 0.1) is 29.0 Å². The van der Waals surface area contributed by atoms with Crippen molar-refractivity contribution in [1.82, 2.24) is 0 Å². The van der Waals surface area contributed by atoms with Gasteiger partial charge in [0.15, 0.2) is 5.75 Å². The standard InChI is InChI=1S/C24H23N3O5S/c1-16-6-5-7-18(12-16)25-24(29)19-8-3-4-9-20(19)26-23(28)15-33-14-17-10-11-22(32-2)21(13-17)27(30)31/h3-13H,14-15H2,1-2H3,(H,25,29)(H,26,28). The summed E-state index contributed by atoms with van der Waals surface area (Å²) in [6, 6.07) is 18.9. The molecule has 0 aliphatic rings. The maximum Gasteiger partial charge on any atom is 0.311 e. The summed E-state index contributed by atoms with van der Waals surface area (Å²) in [5.74, 6) is 0.113. The molecule has 3 aromatic carbocycles. The van der Waals surface area contributed by atoms with Crippen molar-refractivity contribution < 1.29 is 19.2 Å². The first-order valence-corrected chi connectivity index (χ1v) is 11.2. The zero-order chi connectivity index (χ0) is 23.8. The molecule has 0 radical (unpaired) electrons. The molecule has 0 fully saturated rings. The molecule has 0 aromatic heterocycles. The number of nitrogens with one attached hydrogen (secondary N) is 2. The van der Waals surface area contributed by atoms with E-state index >= 15 is 0 Å². The van der Waals surface area contributed by atoms with Crippen LogP contribution in [0.1, 0.15) is 21.5 Å². The van der Waals surface area contributed by atoms with Crippen LogP contribution in [0.3, 0.4) is 0 Å². The Hall–Kier alpha value is -3.85. The third kappa shape index (κ3) is 6.56. The normalized spacial score (nSPS) is 10.4. The van der Waals surface area contributed by atoms with Gasteiger partial charge in [0, 0.05) is 17.5 Å². The Morgan fingerprint density at radius 3 is 2.55 bits per heavy atom. The van der Waals surface area contributed by atoms with E-state index in [1.54, 1.807) is 36.4 Å². The first-order chi connectivity index (χ1) is 15.9. The molecule has 0 atom stereocenters. The number of benzene rings is 3. The van der Waals surface area contributed by atoms with Crippen molar-refractivity contribution in [3.63, 3.8) is 0 Å². The molecule has 0 aliphatic carbocycles. The first kappa shape index (κ1) is 23.8. The minimum Gasteiger partial charge on any atom is -0.490 e. The number of carbonyl (C=O) groups excluding carboxylic acids is 2. The number of nitro groups is 1. The van der Waals surface area contributed by atoms with Crippen LogP contribution in [0.5, 0.6) is 5.75 Å². The lowest BCUT2D eigenvalue weighted by atomic mass is 10.1. The van der Waals surface area contributed by atoms with Gasteiger partial charge in [0.1, 0.15) is 0 Å². The Morgan fingerprint density at radius 1 is 1.03 bits per heavy atom. The highest BCUT2D eigenvalue weighted by atomic mass is 32.2. The Morgan fingerprint density at radius 2 is 1.82 bits per heavy atom. The van der Waals surface area contributed by atoms with E-state index in [0.717, 1.165) is 5.56 Å². The van der Waals surface area contributed by atoms with Gasteiger partial charge >= 0.3 is 5.69 Å². The van der Waals surface area contributed by atoms with Gasteiger partial charge in [-0.3, -0.25) is 19.7 Å². The quantitative estimate of drug-likeness (QED) is 0.338. The maximum absolute atomic E-state index is 12.7. The van der Waals surface area contributed by atoms with Crippen LogP contribution in [-0.2, 0) is 10.5 Å². The molecule has 33 heavy (non-hydrogen) atoms. The van der Waals surface area contributed by atoms with E-state index in [4.69, 9.17) is 4.74 Å². The Kier molecular flexibility index (Phi) is 8.04. The molecular weight excluding hydrogens is 442 g/mol. The van der Waals surface area contributed by atoms with E-state index in [0.29, 0.717) is 28.3 Å². The second-order valence-electron chi connectivity index (χ2n) is 7.17. The van der Waals surface area contributed by atoms with Crippen LogP contribution in [0.25, 0.3) is 0 Å². The molecule has 0 saturated carbocycles. The predicted octanol–water partition coefficient (Wildman–Crippen LogP) is 5.04. The number of hydrogen-bond acceptors (Lipinski definition) is 6. The minimum atomic E-state index is -0.502. The van der Waals surface area contributed by atoms with Crippen molar-refractivity contribution in [2.24, 2.45) is 0 Å². The number of hydrogen-bond donors (Lipinski definition) is 2. The lowest BCUT2D eigenvalue weighted by Crippen LogP contribution is -2.19. The van der Waals surface area contributed by atoms with Gasteiger partial charge in [0.2, 0.25) is 5.91 Å². The smallest absolute Gasteiger partial charge is 0.311 e. The molecular formula is C24H23N3O5S. The van der Waals surface area contributed by atoms with Crippen LogP contribution in [0.2, 0.25) is 0 Å². The molecule has 0 heterocycles. The monoisotopic (exact) mass is 465 g/mol. The van der Waals surface area contributed by atoms with Gasteiger partial charge in [-0.25, -0.2) is 0 Å². The topological polar surface area (TPSA) is 111 Å². The van der Waals surface area contributed by atoms with Gasteiger partial charge in [-0.05, 0) is 48.4 Å². The van der Waals surface area contributed by atoms with Gasteiger partial charge in [-0.2, -0.15) is 0 Å². The van der Waals surface area contributed by atoms with Crippen molar-refractivity contribution in [3.8, 4) is 5.75 Å². The summed E-state index contributed by atoms with van der Waals surface area (Å²) < 4.78 is 5.00.